The lowest BCUT2D eigenvalue weighted by Crippen LogP contribution is -2.23. The first-order chi connectivity index (χ1) is 9.76. The third kappa shape index (κ3) is 3.53. The summed E-state index contributed by atoms with van der Waals surface area (Å²) in [4.78, 5) is 8.71. The molecule has 0 aliphatic heterocycles. The SMILES string of the molecule is CCc1nc(N(C)CC2CCCC2)sc1CNC1CC1. The zero-order valence-electron chi connectivity index (χ0n) is 12.8. The van der Waals surface area contributed by atoms with Gasteiger partial charge in [-0.05, 0) is 38.0 Å². The van der Waals surface area contributed by atoms with E-state index >= 15 is 0 Å². The quantitative estimate of drug-likeness (QED) is 0.833. The molecule has 0 atom stereocenters. The first-order valence-corrected chi connectivity index (χ1v) is 9.01. The van der Waals surface area contributed by atoms with Crippen LogP contribution in [0.15, 0.2) is 0 Å². The molecule has 2 aliphatic carbocycles. The lowest BCUT2D eigenvalue weighted by atomic mass is 10.1. The highest BCUT2D eigenvalue weighted by Crippen LogP contribution is 2.31. The van der Waals surface area contributed by atoms with Crippen LogP contribution in [0.25, 0.3) is 0 Å². The molecule has 112 valence electrons. The number of rotatable bonds is 7. The average Bonchev–Trinajstić information content (AvgIpc) is 2.98. The molecule has 0 radical (unpaired) electrons. The van der Waals surface area contributed by atoms with Crippen molar-refractivity contribution >= 4 is 16.5 Å². The summed E-state index contributed by atoms with van der Waals surface area (Å²) in [5.74, 6) is 0.891. The predicted molar refractivity (Wildman–Crippen MR) is 86.6 cm³/mol. The molecule has 2 saturated carbocycles. The second kappa shape index (κ2) is 6.44. The minimum atomic E-state index is 0.779. The lowest BCUT2D eigenvalue weighted by molar-refractivity contribution is 0.546. The van der Waals surface area contributed by atoms with Crippen LogP contribution in [0.5, 0.6) is 0 Å². The van der Waals surface area contributed by atoms with Gasteiger partial charge < -0.3 is 10.2 Å². The van der Waals surface area contributed by atoms with Crippen molar-refractivity contribution in [2.75, 3.05) is 18.5 Å². The van der Waals surface area contributed by atoms with Crippen molar-refractivity contribution in [2.24, 2.45) is 5.92 Å². The Bertz CT molecular complexity index is 433. The summed E-state index contributed by atoms with van der Waals surface area (Å²) in [6.07, 6.45) is 9.43. The molecule has 0 spiro atoms. The Balaban J connectivity index is 1.61. The van der Waals surface area contributed by atoms with E-state index in [2.05, 4.69) is 24.2 Å². The van der Waals surface area contributed by atoms with Gasteiger partial charge in [0.1, 0.15) is 0 Å². The van der Waals surface area contributed by atoms with Crippen molar-refractivity contribution < 1.29 is 0 Å². The lowest BCUT2D eigenvalue weighted by Gasteiger charge is -2.19. The van der Waals surface area contributed by atoms with Gasteiger partial charge in [0.05, 0.1) is 5.69 Å². The molecule has 0 bridgehead atoms. The van der Waals surface area contributed by atoms with E-state index in [1.807, 2.05) is 11.3 Å². The molecule has 0 unspecified atom stereocenters. The first-order valence-electron chi connectivity index (χ1n) is 8.19. The van der Waals surface area contributed by atoms with Gasteiger partial charge in [0.2, 0.25) is 0 Å². The third-order valence-corrected chi connectivity index (χ3v) is 5.78. The van der Waals surface area contributed by atoms with E-state index in [4.69, 9.17) is 4.98 Å². The van der Waals surface area contributed by atoms with Crippen LogP contribution in [-0.4, -0.2) is 24.6 Å². The standard InChI is InChI=1S/C16H27N3S/c1-3-14-15(10-17-13-8-9-13)20-16(18-14)19(2)11-12-6-4-5-7-12/h12-13,17H,3-11H2,1-2H3. The van der Waals surface area contributed by atoms with Crippen molar-refractivity contribution in [2.45, 2.75) is 64.5 Å². The van der Waals surface area contributed by atoms with Crippen LogP contribution in [-0.2, 0) is 13.0 Å². The minimum absolute atomic E-state index is 0.779. The Morgan fingerprint density at radius 1 is 1.25 bits per heavy atom. The summed E-state index contributed by atoms with van der Waals surface area (Å²) in [5, 5.41) is 4.85. The summed E-state index contributed by atoms with van der Waals surface area (Å²) >= 11 is 1.90. The van der Waals surface area contributed by atoms with E-state index in [1.165, 1.54) is 60.8 Å². The molecule has 0 amide bonds. The molecular weight excluding hydrogens is 266 g/mol. The van der Waals surface area contributed by atoms with Crippen molar-refractivity contribution in [1.82, 2.24) is 10.3 Å². The summed E-state index contributed by atoms with van der Waals surface area (Å²) in [6.45, 7) is 4.42. The van der Waals surface area contributed by atoms with Crippen molar-refractivity contribution in [3.05, 3.63) is 10.6 Å². The van der Waals surface area contributed by atoms with E-state index in [0.29, 0.717) is 0 Å². The Morgan fingerprint density at radius 3 is 2.65 bits per heavy atom. The van der Waals surface area contributed by atoms with Crippen LogP contribution in [0, 0.1) is 5.92 Å². The number of anilines is 1. The van der Waals surface area contributed by atoms with Crippen LogP contribution in [0.3, 0.4) is 0 Å². The maximum Gasteiger partial charge on any atom is 0.185 e. The van der Waals surface area contributed by atoms with Gasteiger partial charge in [-0.3, -0.25) is 0 Å². The van der Waals surface area contributed by atoms with E-state index < -0.39 is 0 Å². The summed E-state index contributed by atoms with van der Waals surface area (Å²) in [6, 6.07) is 0.779. The van der Waals surface area contributed by atoms with E-state index in [0.717, 1.165) is 24.9 Å². The first kappa shape index (κ1) is 14.3. The second-order valence-electron chi connectivity index (χ2n) is 6.41. The highest BCUT2D eigenvalue weighted by Gasteiger charge is 2.22. The molecular formula is C16H27N3S. The highest BCUT2D eigenvalue weighted by atomic mass is 32.1. The molecule has 4 heteroatoms. The van der Waals surface area contributed by atoms with Crippen LogP contribution in [0.2, 0.25) is 0 Å². The number of aryl methyl sites for hydroxylation is 1. The molecule has 0 saturated heterocycles. The van der Waals surface area contributed by atoms with Gasteiger partial charge in [-0.2, -0.15) is 0 Å². The fraction of sp³-hybridized carbons (Fsp3) is 0.812. The largest absolute Gasteiger partial charge is 0.351 e. The average molecular weight is 293 g/mol. The maximum absolute atomic E-state index is 4.87. The Labute approximate surface area is 126 Å². The van der Waals surface area contributed by atoms with Crippen LogP contribution >= 0.6 is 11.3 Å². The van der Waals surface area contributed by atoms with E-state index in [-0.39, 0.29) is 0 Å². The van der Waals surface area contributed by atoms with E-state index in [1.54, 1.807) is 0 Å². The summed E-state index contributed by atoms with van der Waals surface area (Å²) in [7, 11) is 2.22. The van der Waals surface area contributed by atoms with Crippen LogP contribution in [0.1, 0.15) is 56.0 Å². The molecule has 3 rings (SSSR count). The number of nitrogens with zero attached hydrogens (tertiary/aromatic N) is 2. The van der Waals surface area contributed by atoms with Crippen molar-refractivity contribution in [1.29, 1.82) is 0 Å². The van der Waals surface area contributed by atoms with Crippen LogP contribution in [0.4, 0.5) is 5.13 Å². The Hall–Kier alpha value is -0.610. The van der Waals surface area contributed by atoms with Gasteiger partial charge in [-0.25, -0.2) is 4.98 Å². The number of thiazole rings is 1. The zero-order chi connectivity index (χ0) is 13.9. The van der Waals surface area contributed by atoms with E-state index in [9.17, 15) is 0 Å². The highest BCUT2D eigenvalue weighted by molar-refractivity contribution is 7.15. The van der Waals surface area contributed by atoms with Gasteiger partial charge in [-0.15, -0.1) is 11.3 Å². The topological polar surface area (TPSA) is 28.2 Å². The van der Waals surface area contributed by atoms with Crippen molar-refractivity contribution in [3.63, 3.8) is 0 Å². The number of aromatic nitrogens is 1. The normalized spacial score (nSPS) is 19.7. The van der Waals surface area contributed by atoms with Gasteiger partial charge in [0, 0.05) is 31.1 Å². The number of hydrogen-bond acceptors (Lipinski definition) is 4. The predicted octanol–water partition coefficient (Wildman–Crippen LogP) is 3.58. The fourth-order valence-corrected chi connectivity index (χ4v) is 4.20. The van der Waals surface area contributed by atoms with Crippen LogP contribution < -0.4 is 10.2 Å². The number of nitrogens with one attached hydrogen (secondary N) is 1. The van der Waals surface area contributed by atoms with Crippen molar-refractivity contribution in [3.8, 4) is 0 Å². The summed E-state index contributed by atoms with van der Waals surface area (Å²) < 4.78 is 0. The zero-order valence-corrected chi connectivity index (χ0v) is 13.6. The molecule has 1 aromatic heterocycles. The molecule has 2 fully saturated rings. The molecule has 1 aromatic rings. The third-order valence-electron chi connectivity index (χ3n) is 4.56. The smallest absolute Gasteiger partial charge is 0.185 e. The molecule has 20 heavy (non-hydrogen) atoms. The second-order valence-corrected chi connectivity index (χ2v) is 7.47. The monoisotopic (exact) mass is 293 g/mol. The van der Waals surface area contributed by atoms with Gasteiger partial charge in [-0.1, -0.05) is 19.8 Å². The molecule has 3 nitrogen and oxygen atoms in total. The number of hydrogen-bond donors (Lipinski definition) is 1. The Kier molecular flexibility index (Phi) is 4.61. The van der Waals surface area contributed by atoms with Gasteiger partial charge >= 0.3 is 0 Å². The Morgan fingerprint density at radius 2 is 2.00 bits per heavy atom. The van der Waals surface area contributed by atoms with Gasteiger partial charge in [0.15, 0.2) is 5.13 Å². The molecule has 1 heterocycles. The molecule has 0 aromatic carbocycles. The molecule has 1 N–H and O–H groups in total. The summed E-state index contributed by atoms with van der Waals surface area (Å²) in [5.41, 5.74) is 1.30. The molecule has 2 aliphatic rings. The fourth-order valence-electron chi connectivity index (χ4n) is 3.13. The minimum Gasteiger partial charge on any atom is -0.351 e. The maximum atomic E-state index is 4.87. The van der Waals surface area contributed by atoms with Gasteiger partial charge in [0.25, 0.3) is 0 Å².